The Labute approximate surface area is 262 Å². The van der Waals surface area contributed by atoms with Crippen LogP contribution >= 0.6 is 15.9 Å². The average Bonchev–Trinajstić information content (AvgIpc) is 2.99. The normalized spacial score (nSPS) is 11.1. The molecule has 0 radical (unpaired) electrons. The van der Waals surface area contributed by atoms with Gasteiger partial charge in [0.15, 0.2) is 0 Å². The second-order valence-electron chi connectivity index (χ2n) is 10.9. The monoisotopic (exact) mass is 642 g/mol. The maximum atomic E-state index is 12.7. The number of hydrazone groups is 1. The largest absolute Gasteiger partial charge is 0.494 e. The van der Waals surface area contributed by atoms with E-state index in [2.05, 4.69) is 33.4 Å². The van der Waals surface area contributed by atoms with Crippen molar-refractivity contribution in [2.75, 3.05) is 6.61 Å². The van der Waals surface area contributed by atoms with Gasteiger partial charge in [-0.05, 0) is 55.3 Å². The molecule has 0 heterocycles. The molecule has 0 spiro atoms. The third-order valence-corrected chi connectivity index (χ3v) is 7.63. The Morgan fingerprint density at radius 2 is 1.33 bits per heavy atom. The lowest BCUT2D eigenvalue weighted by Gasteiger charge is -2.09. The number of unbranched alkanes of at least 4 members (excludes halogenated alkanes) is 14. The van der Waals surface area contributed by atoms with Gasteiger partial charge in [-0.25, -0.2) is 10.2 Å². The first-order valence-corrected chi connectivity index (χ1v) is 16.9. The summed E-state index contributed by atoms with van der Waals surface area (Å²) >= 11 is 3.44. The zero-order valence-electron chi connectivity index (χ0n) is 25.8. The van der Waals surface area contributed by atoms with E-state index in [1.807, 2.05) is 6.92 Å². The highest BCUT2D eigenvalue weighted by Crippen LogP contribution is 2.23. The fourth-order valence-corrected chi connectivity index (χ4v) is 5.04. The van der Waals surface area contributed by atoms with Crippen molar-refractivity contribution in [1.82, 2.24) is 5.43 Å². The number of nitrogens with zero attached hydrogens (tertiary/aromatic N) is 1. The van der Waals surface area contributed by atoms with Gasteiger partial charge in [0.25, 0.3) is 0 Å². The number of hydrogen-bond acceptors (Lipinski definition) is 5. The van der Waals surface area contributed by atoms with Gasteiger partial charge in [-0.15, -0.1) is 0 Å². The standard InChI is InChI=1S/C35H51BrN2O4/c1-3-5-6-7-8-9-10-11-12-13-14-15-16-17-18-19-34(39)38-37-28-30-27-31(36)22-25-33(30)42-35(40)29-20-23-32(24-21-29)41-26-4-2/h20-25,27-28H,3-19,26H2,1-2H3,(H,38,39)/b37-28-. The number of rotatable bonds is 23. The van der Waals surface area contributed by atoms with Crippen LogP contribution in [0.4, 0.5) is 0 Å². The molecule has 0 aliphatic heterocycles. The Bertz CT molecular complexity index is 1060. The molecule has 1 amide bonds. The Balaban J connectivity index is 1.61. The summed E-state index contributed by atoms with van der Waals surface area (Å²) in [6, 6.07) is 12.1. The number of benzene rings is 2. The Hall–Kier alpha value is -2.67. The molecule has 1 N–H and O–H groups in total. The highest BCUT2D eigenvalue weighted by Gasteiger charge is 2.12. The molecule has 0 aliphatic carbocycles. The highest BCUT2D eigenvalue weighted by molar-refractivity contribution is 9.10. The third-order valence-electron chi connectivity index (χ3n) is 7.14. The molecular weight excluding hydrogens is 592 g/mol. The molecule has 0 saturated carbocycles. The molecule has 2 aromatic carbocycles. The Morgan fingerprint density at radius 1 is 0.762 bits per heavy atom. The molecule has 2 aromatic rings. The van der Waals surface area contributed by atoms with Crippen LogP contribution in [0.2, 0.25) is 0 Å². The van der Waals surface area contributed by atoms with Crippen molar-refractivity contribution in [3.8, 4) is 11.5 Å². The minimum Gasteiger partial charge on any atom is -0.494 e. The quantitative estimate of drug-likeness (QED) is 0.0430. The maximum absolute atomic E-state index is 12.7. The molecular formula is C35H51BrN2O4. The minimum atomic E-state index is -0.480. The van der Waals surface area contributed by atoms with E-state index < -0.39 is 5.97 Å². The second-order valence-corrected chi connectivity index (χ2v) is 11.9. The van der Waals surface area contributed by atoms with E-state index in [1.54, 1.807) is 42.5 Å². The number of nitrogens with one attached hydrogen (secondary N) is 1. The van der Waals surface area contributed by atoms with Crippen molar-refractivity contribution in [3.63, 3.8) is 0 Å². The van der Waals surface area contributed by atoms with Crippen molar-refractivity contribution < 1.29 is 19.1 Å². The van der Waals surface area contributed by atoms with Crippen LogP contribution in [-0.2, 0) is 4.79 Å². The fraction of sp³-hybridized carbons (Fsp3) is 0.571. The number of halogens is 1. The number of carbonyl (C=O) groups is 2. The van der Waals surface area contributed by atoms with Gasteiger partial charge in [0.2, 0.25) is 5.91 Å². The molecule has 42 heavy (non-hydrogen) atoms. The number of esters is 1. The lowest BCUT2D eigenvalue weighted by atomic mass is 10.0. The smallest absolute Gasteiger partial charge is 0.343 e. The molecule has 2 rings (SSSR count). The third kappa shape index (κ3) is 16.1. The van der Waals surface area contributed by atoms with E-state index in [9.17, 15) is 9.59 Å². The van der Waals surface area contributed by atoms with Crippen LogP contribution in [0.3, 0.4) is 0 Å². The van der Waals surface area contributed by atoms with E-state index >= 15 is 0 Å². The average molecular weight is 644 g/mol. The first-order valence-electron chi connectivity index (χ1n) is 16.1. The van der Waals surface area contributed by atoms with Crippen molar-refractivity contribution in [1.29, 1.82) is 0 Å². The van der Waals surface area contributed by atoms with E-state index in [0.717, 1.165) is 23.7 Å². The van der Waals surface area contributed by atoms with E-state index in [-0.39, 0.29) is 5.91 Å². The first-order chi connectivity index (χ1) is 20.5. The van der Waals surface area contributed by atoms with Gasteiger partial charge >= 0.3 is 5.97 Å². The van der Waals surface area contributed by atoms with Gasteiger partial charge in [-0.1, -0.05) is 120 Å². The molecule has 0 bridgehead atoms. The van der Waals surface area contributed by atoms with Gasteiger partial charge in [0, 0.05) is 16.5 Å². The van der Waals surface area contributed by atoms with Crippen LogP contribution in [-0.4, -0.2) is 24.7 Å². The van der Waals surface area contributed by atoms with Crippen LogP contribution in [0.1, 0.15) is 139 Å². The predicted molar refractivity (Wildman–Crippen MR) is 177 cm³/mol. The van der Waals surface area contributed by atoms with Crippen LogP contribution in [0.25, 0.3) is 0 Å². The summed E-state index contributed by atoms with van der Waals surface area (Å²) in [5, 5.41) is 4.10. The van der Waals surface area contributed by atoms with Crippen molar-refractivity contribution in [2.45, 2.75) is 123 Å². The van der Waals surface area contributed by atoms with Gasteiger partial charge in [-0.3, -0.25) is 4.79 Å². The fourth-order valence-electron chi connectivity index (χ4n) is 4.67. The number of ether oxygens (including phenoxy) is 2. The van der Waals surface area contributed by atoms with Gasteiger partial charge in [0.05, 0.1) is 18.4 Å². The van der Waals surface area contributed by atoms with Gasteiger partial charge in [0.1, 0.15) is 11.5 Å². The summed E-state index contributed by atoms with van der Waals surface area (Å²) in [5.74, 6) is 0.478. The van der Waals surface area contributed by atoms with Crippen LogP contribution < -0.4 is 14.9 Å². The summed E-state index contributed by atoms with van der Waals surface area (Å²) < 4.78 is 12.0. The van der Waals surface area contributed by atoms with E-state index in [4.69, 9.17) is 9.47 Å². The zero-order chi connectivity index (χ0) is 30.3. The maximum Gasteiger partial charge on any atom is 0.343 e. The summed E-state index contributed by atoms with van der Waals surface area (Å²) in [6.45, 7) is 4.93. The van der Waals surface area contributed by atoms with Crippen molar-refractivity contribution >= 4 is 34.0 Å². The molecule has 0 unspecified atom stereocenters. The highest BCUT2D eigenvalue weighted by atomic mass is 79.9. The second kappa shape index (κ2) is 22.9. The lowest BCUT2D eigenvalue weighted by molar-refractivity contribution is -0.121. The van der Waals surface area contributed by atoms with E-state index in [1.165, 1.54) is 89.7 Å². The molecule has 0 saturated heterocycles. The first kappa shape index (κ1) is 35.5. The Morgan fingerprint density at radius 3 is 1.90 bits per heavy atom. The SMILES string of the molecule is CCCCCCCCCCCCCCCCCC(=O)N/N=C\c1cc(Br)ccc1OC(=O)c1ccc(OCCC)cc1. The molecule has 0 aliphatic rings. The van der Waals surface area contributed by atoms with Crippen LogP contribution in [0.15, 0.2) is 52.0 Å². The molecule has 7 heteroatoms. The minimum absolute atomic E-state index is 0.111. The Kier molecular flexibility index (Phi) is 19.3. The number of hydrogen-bond donors (Lipinski definition) is 1. The topological polar surface area (TPSA) is 77.0 Å². The van der Waals surface area contributed by atoms with Crippen molar-refractivity contribution in [2.24, 2.45) is 5.10 Å². The van der Waals surface area contributed by atoms with Gasteiger partial charge < -0.3 is 9.47 Å². The summed E-state index contributed by atoms with van der Waals surface area (Å²) in [6.07, 6.45) is 22.3. The predicted octanol–water partition coefficient (Wildman–Crippen LogP) is 10.2. The van der Waals surface area contributed by atoms with Gasteiger partial charge in [-0.2, -0.15) is 5.10 Å². The van der Waals surface area contributed by atoms with E-state index in [0.29, 0.717) is 35.7 Å². The summed E-state index contributed by atoms with van der Waals surface area (Å²) in [7, 11) is 0. The van der Waals surface area contributed by atoms with Crippen molar-refractivity contribution in [3.05, 3.63) is 58.1 Å². The lowest BCUT2D eigenvalue weighted by Crippen LogP contribution is -2.17. The zero-order valence-corrected chi connectivity index (χ0v) is 27.4. The molecule has 6 nitrogen and oxygen atoms in total. The van der Waals surface area contributed by atoms with Crippen LogP contribution in [0, 0.1) is 0 Å². The molecule has 0 atom stereocenters. The number of carbonyl (C=O) groups excluding carboxylic acids is 2. The summed E-state index contributed by atoms with van der Waals surface area (Å²) in [5.41, 5.74) is 3.59. The number of amides is 1. The molecule has 232 valence electrons. The van der Waals surface area contributed by atoms with Crippen LogP contribution in [0.5, 0.6) is 11.5 Å². The molecule has 0 aromatic heterocycles. The summed E-state index contributed by atoms with van der Waals surface area (Å²) in [4.78, 5) is 24.9. The molecule has 0 fully saturated rings.